The second-order valence-corrected chi connectivity index (χ2v) is 8.93. The minimum Gasteiger partial charge on any atom is -0.479 e. The molecule has 198 valence electrons. The van der Waals surface area contributed by atoms with Crippen molar-refractivity contribution in [2.45, 2.75) is 31.6 Å². The third-order valence-electron chi connectivity index (χ3n) is 6.54. The number of nitrogens with zero attached hydrogens (tertiary/aromatic N) is 6. The molecule has 1 saturated heterocycles. The number of methoxy groups -OCH3 is 2. The van der Waals surface area contributed by atoms with Crippen LogP contribution in [-0.2, 0) is 11.3 Å². The highest BCUT2D eigenvalue weighted by Crippen LogP contribution is 2.35. The Morgan fingerprint density at radius 1 is 1.24 bits per heavy atom. The molecule has 4 heterocycles. The Morgan fingerprint density at radius 3 is 2.81 bits per heavy atom. The molecule has 0 bridgehead atoms. The van der Waals surface area contributed by atoms with Crippen LogP contribution in [0.15, 0.2) is 30.7 Å². The normalized spacial score (nSPS) is 18.8. The van der Waals surface area contributed by atoms with Crippen LogP contribution in [0, 0.1) is 5.82 Å². The van der Waals surface area contributed by atoms with Gasteiger partial charge in [0.25, 0.3) is 6.43 Å². The molecule has 0 aliphatic carbocycles. The van der Waals surface area contributed by atoms with Crippen molar-refractivity contribution in [3.8, 4) is 17.0 Å². The van der Waals surface area contributed by atoms with Crippen LogP contribution in [0.3, 0.4) is 0 Å². The predicted molar refractivity (Wildman–Crippen MR) is 129 cm³/mol. The maximum atomic E-state index is 15.3. The fourth-order valence-electron chi connectivity index (χ4n) is 4.73. The average Bonchev–Trinajstić information content (AvgIpc) is 3.42. The quantitative estimate of drug-likeness (QED) is 0.337. The largest absolute Gasteiger partial charge is 0.479 e. The van der Waals surface area contributed by atoms with Crippen LogP contribution >= 0.6 is 0 Å². The smallest absolute Gasteiger partial charge is 0.256 e. The maximum Gasteiger partial charge on any atom is 0.256 e. The molecule has 2 atom stereocenters. The van der Waals surface area contributed by atoms with Gasteiger partial charge in [0.1, 0.15) is 11.7 Å². The third kappa shape index (κ3) is 5.05. The van der Waals surface area contributed by atoms with Crippen molar-refractivity contribution in [2.24, 2.45) is 0 Å². The predicted octanol–water partition coefficient (Wildman–Crippen LogP) is 3.63. The molecule has 0 radical (unpaired) electrons. The summed E-state index contributed by atoms with van der Waals surface area (Å²) in [6.45, 7) is 1.60. The first-order chi connectivity index (χ1) is 17.9. The van der Waals surface area contributed by atoms with E-state index in [-0.39, 0.29) is 29.5 Å². The highest BCUT2D eigenvalue weighted by Gasteiger charge is 2.30. The molecule has 9 nitrogen and oxygen atoms in total. The van der Waals surface area contributed by atoms with Gasteiger partial charge in [-0.25, -0.2) is 27.1 Å². The van der Waals surface area contributed by atoms with Gasteiger partial charge >= 0.3 is 0 Å². The SMILES string of the molecule is COCCN1CC[C@H](Nc2nc(OC)c3c(-c4ccc5ncn(CC(F)F)c5c4)c(F)cn3n2)[C@H](F)C1. The van der Waals surface area contributed by atoms with E-state index in [1.165, 1.54) is 28.7 Å². The third-order valence-corrected chi connectivity index (χ3v) is 6.54. The summed E-state index contributed by atoms with van der Waals surface area (Å²) >= 11 is 0. The summed E-state index contributed by atoms with van der Waals surface area (Å²) in [5, 5.41) is 7.38. The van der Waals surface area contributed by atoms with Crippen molar-refractivity contribution in [1.82, 2.24) is 29.0 Å². The van der Waals surface area contributed by atoms with Crippen LogP contribution in [0.1, 0.15) is 6.42 Å². The van der Waals surface area contributed by atoms with Gasteiger partial charge in [0.05, 0.1) is 55.4 Å². The van der Waals surface area contributed by atoms with Gasteiger partial charge < -0.3 is 19.4 Å². The Bertz CT molecular complexity index is 1390. The first-order valence-electron chi connectivity index (χ1n) is 11.9. The van der Waals surface area contributed by atoms with Crippen molar-refractivity contribution < 1.29 is 27.0 Å². The molecule has 1 aliphatic rings. The van der Waals surface area contributed by atoms with Crippen LogP contribution in [0.2, 0.25) is 0 Å². The number of hydrogen-bond donors (Lipinski definition) is 1. The minimum atomic E-state index is -2.56. The summed E-state index contributed by atoms with van der Waals surface area (Å²) in [5.41, 5.74) is 1.80. The van der Waals surface area contributed by atoms with Crippen molar-refractivity contribution in [1.29, 1.82) is 0 Å². The lowest BCUT2D eigenvalue weighted by Crippen LogP contribution is -2.48. The van der Waals surface area contributed by atoms with Gasteiger partial charge in [0.15, 0.2) is 5.82 Å². The molecular weight excluding hydrogens is 494 g/mol. The number of hydrogen-bond acceptors (Lipinski definition) is 7. The Kier molecular flexibility index (Phi) is 7.15. The van der Waals surface area contributed by atoms with Gasteiger partial charge in [0, 0.05) is 26.7 Å². The minimum absolute atomic E-state index is 0.0884. The van der Waals surface area contributed by atoms with Crippen molar-refractivity contribution in [3.05, 3.63) is 36.5 Å². The lowest BCUT2D eigenvalue weighted by Gasteiger charge is -2.34. The zero-order valence-corrected chi connectivity index (χ0v) is 20.4. The van der Waals surface area contributed by atoms with E-state index in [1.54, 1.807) is 25.3 Å². The molecule has 1 fully saturated rings. The summed E-state index contributed by atoms with van der Waals surface area (Å²) in [7, 11) is 3.01. The molecule has 0 spiro atoms. The summed E-state index contributed by atoms with van der Waals surface area (Å²) in [6, 6.07) is 4.37. The van der Waals surface area contributed by atoms with Crippen molar-refractivity contribution in [3.63, 3.8) is 0 Å². The van der Waals surface area contributed by atoms with Crippen LogP contribution in [0.25, 0.3) is 27.7 Å². The number of ether oxygens (including phenoxy) is 2. The molecule has 13 heteroatoms. The second kappa shape index (κ2) is 10.5. The Morgan fingerprint density at radius 2 is 2.08 bits per heavy atom. The topological polar surface area (TPSA) is 81.7 Å². The molecule has 1 N–H and O–H groups in total. The molecule has 37 heavy (non-hydrogen) atoms. The van der Waals surface area contributed by atoms with Gasteiger partial charge in [-0.2, -0.15) is 4.98 Å². The number of likely N-dealkylation sites (tertiary alicyclic amines) is 1. The van der Waals surface area contributed by atoms with Gasteiger partial charge in [-0.05, 0) is 24.1 Å². The monoisotopic (exact) mass is 521 g/mol. The van der Waals surface area contributed by atoms with Crippen molar-refractivity contribution >= 4 is 22.5 Å². The van der Waals surface area contributed by atoms with Crippen LogP contribution in [0.5, 0.6) is 5.88 Å². The van der Waals surface area contributed by atoms with E-state index in [0.717, 1.165) is 0 Å². The number of aromatic nitrogens is 5. The number of imidazole rings is 1. The number of fused-ring (bicyclic) bond motifs is 2. The zero-order valence-electron chi connectivity index (χ0n) is 20.4. The average molecular weight is 522 g/mol. The van der Waals surface area contributed by atoms with Gasteiger partial charge in [0.2, 0.25) is 11.8 Å². The van der Waals surface area contributed by atoms with E-state index in [9.17, 15) is 13.2 Å². The van der Waals surface area contributed by atoms with Crippen LogP contribution in [-0.4, -0.2) is 88.1 Å². The fraction of sp³-hybridized carbons (Fsp3) is 0.458. The number of nitrogens with one attached hydrogen (secondary N) is 1. The second-order valence-electron chi connectivity index (χ2n) is 8.93. The maximum absolute atomic E-state index is 15.3. The Balaban J connectivity index is 1.46. The molecule has 4 aromatic rings. The number of halogens is 4. The summed E-state index contributed by atoms with van der Waals surface area (Å²) in [5.74, 6) is -0.404. The lowest BCUT2D eigenvalue weighted by atomic mass is 10.0. The van der Waals surface area contributed by atoms with E-state index in [2.05, 4.69) is 20.4 Å². The molecule has 1 aromatic carbocycles. The van der Waals surface area contributed by atoms with E-state index < -0.39 is 31.0 Å². The van der Waals surface area contributed by atoms with E-state index in [4.69, 9.17) is 9.47 Å². The number of alkyl halides is 3. The lowest BCUT2D eigenvalue weighted by molar-refractivity contribution is 0.0918. The number of piperidine rings is 1. The number of anilines is 1. The first kappa shape index (κ1) is 25.2. The number of benzene rings is 1. The summed E-state index contributed by atoms with van der Waals surface area (Å²) < 4.78 is 69.2. The van der Waals surface area contributed by atoms with Gasteiger partial charge in [-0.3, -0.25) is 4.90 Å². The van der Waals surface area contributed by atoms with E-state index >= 15 is 4.39 Å². The molecule has 0 saturated carbocycles. The molecule has 3 aromatic heterocycles. The Hall–Kier alpha value is -3.45. The van der Waals surface area contributed by atoms with Crippen LogP contribution < -0.4 is 10.1 Å². The molecule has 1 aliphatic heterocycles. The van der Waals surface area contributed by atoms with Crippen LogP contribution in [0.4, 0.5) is 23.5 Å². The fourth-order valence-corrected chi connectivity index (χ4v) is 4.73. The molecule has 5 rings (SSSR count). The highest BCUT2D eigenvalue weighted by molar-refractivity contribution is 5.90. The summed E-state index contributed by atoms with van der Waals surface area (Å²) in [4.78, 5) is 10.5. The number of rotatable bonds is 9. The molecule has 0 amide bonds. The van der Waals surface area contributed by atoms with Gasteiger partial charge in [-0.1, -0.05) is 6.07 Å². The molecular formula is C24H27F4N7O2. The first-order valence-corrected chi connectivity index (χ1v) is 11.9. The Labute approximate surface area is 210 Å². The zero-order chi connectivity index (χ0) is 26.1. The highest BCUT2D eigenvalue weighted by atomic mass is 19.3. The van der Waals surface area contributed by atoms with E-state index in [0.29, 0.717) is 42.7 Å². The van der Waals surface area contributed by atoms with E-state index in [1.807, 2.05) is 4.90 Å². The standard InChI is InChI=1S/C24H27F4N7O2/c1-36-8-7-33-6-5-17(15(25)10-33)30-24-31-23(37-2)22-21(16(26)11-35(22)32-24)14-3-4-18-19(9-14)34(13-29-18)12-20(27)28/h3-4,9,11,13,15,17,20H,5-8,10,12H2,1-2H3,(H,30,32)/t15-,17+/m1/s1. The van der Waals surface area contributed by atoms with Crippen molar-refractivity contribution in [2.75, 3.05) is 45.8 Å². The molecule has 0 unspecified atom stereocenters. The summed E-state index contributed by atoms with van der Waals surface area (Å²) in [6.07, 6.45) is -0.671. The van der Waals surface area contributed by atoms with Gasteiger partial charge in [-0.15, -0.1) is 5.10 Å².